The second-order valence-electron chi connectivity index (χ2n) is 5.61. The van der Waals surface area contributed by atoms with Crippen molar-refractivity contribution in [3.63, 3.8) is 0 Å². The Morgan fingerprint density at radius 3 is 2.79 bits per heavy atom. The lowest BCUT2D eigenvalue weighted by Crippen LogP contribution is -2.47. The highest BCUT2D eigenvalue weighted by Gasteiger charge is 2.20. The molecule has 1 saturated heterocycles. The van der Waals surface area contributed by atoms with E-state index >= 15 is 0 Å². The van der Waals surface area contributed by atoms with Gasteiger partial charge >= 0.3 is 0 Å². The molecule has 0 radical (unpaired) electrons. The van der Waals surface area contributed by atoms with E-state index in [4.69, 9.17) is 0 Å². The number of likely N-dealkylation sites (N-methyl/N-ethyl adjacent to an activating group) is 1. The number of thioether (sulfide) groups is 1. The predicted molar refractivity (Wildman–Crippen MR) is 97.1 cm³/mol. The van der Waals surface area contributed by atoms with Crippen molar-refractivity contribution < 1.29 is 4.79 Å². The van der Waals surface area contributed by atoms with E-state index in [-0.39, 0.29) is 5.91 Å². The van der Waals surface area contributed by atoms with Gasteiger partial charge in [-0.1, -0.05) is 17.8 Å². The van der Waals surface area contributed by atoms with Crippen LogP contribution < -0.4 is 0 Å². The third kappa shape index (κ3) is 3.96. The van der Waals surface area contributed by atoms with Crippen molar-refractivity contribution in [3.8, 4) is 16.6 Å². The zero-order valence-corrected chi connectivity index (χ0v) is 15.1. The lowest BCUT2D eigenvalue weighted by Gasteiger charge is -2.32. The summed E-state index contributed by atoms with van der Waals surface area (Å²) in [4.78, 5) is 22.1. The minimum absolute atomic E-state index is 0.111. The van der Waals surface area contributed by atoms with E-state index in [0.29, 0.717) is 16.3 Å². The number of pyridine rings is 1. The van der Waals surface area contributed by atoms with Crippen LogP contribution in [0, 0.1) is 11.3 Å². The fourth-order valence-corrected chi connectivity index (χ4v) is 4.04. The molecule has 2 aromatic rings. The molecule has 7 heteroatoms. The fraction of sp³-hybridized carbons (Fsp3) is 0.353. The summed E-state index contributed by atoms with van der Waals surface area (Å²) in [5.74, 6) is 0.430. The Morgan fingerprint density at radius 1 is 1.33 bits per heavy atom. The highest BCUT2D eigenvalue weighted by molar-refractivity contribution is 8.00. The third-order valence-electron chi connectivity index (χ3n) is 3.94. The summed E-state index contributed by atoms with van der Waals surface area (Å²) in [5, 5.41) is 11.9. The molecule has 0 spiro atoms. The van der Waals surface area contributed by atoms with E-state index in [0.717, 1.165) is 36.8 Å². The molecular formula is C17H18N4OS2. The minimum Gasteiger partial charge on any atom is -0.339 e. The van der Waals surface area contributed by atoms with Gasteiger partial charge in [0.1, 0.15) is 11.1 Å². The maximum Gasteiger partial charge on any atom is 0.233 e. The van der Waals surface area contributed by atoms with Gasteiger partial charge in [-0.15, -0.1) is 11.3 Å². The molecule has 0 aliphatic carbocycles. The van der Waals surface area contributed by atoms with Crippen molar-refractivity contribution >= 4 is 29.0 Å². The van der Waals surface area contributed by atoms with Crippen molar-refractivity contribution in [1.82, 2.24) is 14.8 Å². The number of amides is 1. The standard InChI is InChI=1S/C17H18N4OS2/c1-20-6-8-21(9-7-20)16(22)12-24-17-13(11-18)4-5-14(19-17)15-3-2-10-23-15/h2-5,10H,6-9,12H2,1H3. The number of carbonyl (C=O) groups is 1. The lowest BCUT2D eigenvalue weighted by molar-refractivity contribution is -0.129. The third-order valence-corrected chi connectivity index (χ3v) is 5.81. The molecule has 2 aromatic heterocycles. The van der Waals surface area contributed by atoms with Crippen LogP contribution >= 0.6 is 23.1 Å². The molecule has 124 valence electrons. The molecule has 5 nitrogen and oxygen atoms in total. The van der Waals surface area contributed by atoms with Crippen LogP contribution in [0.15, 0.2) is 34.7 Å². The Labute approximate surface area is 149 Å². The summed E-state index contributed by atoms with van der Waals surface area (Å²) in [6.07, 6.45) is 0. The number of nitrogens with zero attached hydrogens (tertiary/aromatic N) is 4. The van der Waals surface area contributed by atoms with Gasteiger partial charge in [0.05, 0.1) is 21.9 Å². The van der Waals surface area contributed by atoms with E-state index < -0.39 is 0 Å². The van der Waals surface area contributed by atoms with Crippen molar-refractivity contribution in [3.05, 3.63) is 35.2 Å². The van der Waals surface area contributed by atoms with Gasteiger partial charge in [-0.2, -0.15) is 5.26 Å². The number of carbonyl (C=O) groups excluding carboxylic acids is 1. The van der Waals surface area contributed by atoms with Gasteiger partial charge in [-0.3, -0.25) is 4.79 Å². The summed E-state index contributed by atoms with van der Waals surface area (Å²) < 4.78 is 0. The van der Waals surface area contributed by atoms with E-state index in [9.17, 15) is 10.1 Å². The molecule has 1 amide bonds. The molecule has 0 atom stereocenters. The van der Waals surface area contributed by atoms with Crippen LogP contribution in [0.5, 0.6) is 0 Å². The zero-order valence-electron chi connectivity index (χ0n) is 13.4. The van der Waals surface area contributed by atoms with Gasteiger partial charge in [0, 0.05) is 26.2 Å². The van der Waals surface area contributed by atoms with Crippen LogP contribution in [0.25, 0.3) is 10.6 Å². The summed E-state index contributed by atoms with van der Waals surface area (Å²) in [7, 11) is 2.07. The van der Waals surface area contributed by atoms with Gasteiger partial charge in [-0.05, 0) is 30.6 Å². The van der Waals surface area contributed by atoms with Gasteiger partial charge in [0.25, 0.3) is 0 Å². The molecule has 0 saturated carbocycles. The normalized spacial score (nSPS) is 15.2. The highest BCUT2D eigenvalue weighted by Crippen LogP contribution is 2.28. The summed E-state index contributed by atoms with van der Waals surface area (Å²) in [5.41, 5.74) is 1.37. The summed E-state index contributed by atoms with van der Waals surface area (Å²) in [6, 6.07) is 9.78. The van der Waals surface area contributed by atoms with Crippen LogP contribution in [0.4, 0.5) is 0 Å². The van der Waals surface area contributed by atoms with Crippen molar-refractivity contribution in [2.75, 3.05) is 39.0 Å². The van der Waals surface area contributed by atoms with Gasteiger partial charge in [0.15, 0.2) is 0 Å². The number of aromatic nitrogens is 1. The van der Waals surface area contributed by atoms with Crippen molar-refractivity contribution in [2.45, 2.75) is 5.03 Å². The molecular weight excluding hydrogens is 340 g/mol. The molecule has 0 N–H and O–H groups in total. The van der Waals surface area contributed by atoms with Crippen molar-refractivity contribution in [1.29, 1.82) is 5.26 Å². The Bertz CT molecular complexity index is 746. The van der Waals surface area contributed by atoms with Crippen molar-refractivity contribution in [2.24, 2.45) is 0 Å². The van der Waals surface area contributed by atoms with Crippen LogP contribution in [0.3, 0.4) is 0 Å². The largest absolute Gasteiger partial charge is 0.339 e. The number of nitriles is 1. The topological polar surface area (TPSA) is 60.2 Å². The average Bonchev–Trinajstić information content (AvgIpc) is 3.14. The Morgan fingerprint density at radius 2 is 2.12 bits per heavy atom. The molecule has 0 aromatic carbocycles. The Balaban J connectivity index is 1.69. The summed E-state index contributed by atoms with van der Waals surface area (Å²) >= 11 is 2.96. The fourth-order valence-electron chi connectivity index (χ4n) is 2.47. The highest BCUT2D eigenvalue weighted by atomic mass is 32.2. The number of rotatable bonds is 4. The van der Waals surface area contributed by atoms with Gasteiger partial charge in [-0.25, -0.2) is 4.98 Å². The maximum atomic E-state index is 12.4. The molecule has 0 bridgehead atoms. The molecule has 1 fully saturated rings. The van der Waals surface area contributed by atoms with Crippen LogP contribution in [-0.4, -0.2) is 59.7 Å². The first kappa shape index (κ1) is 17.0. The second kappa shape index (κ2) is 7.79. The maximum absolute atomic E-state index is 12.4. The number of piperazine rings is 1. The molecule has 0 unspecified atom stereocenters. The molecule has 3 rings (SSSR count). The van der Waals surface area contributed by atoms with E-state index in [1.54, 1.807) is 17.4 Å². The first-order valence-corrected chi connectivity index (χ1v) is 9.58. The second-order valence-corrected chi connectivity index (χ2v) is 7.52. The molecule has 1 aliphatic heterocycles. The number of hydrogen-bond donors (Lipinski definition) is 0. The average molecular weight is 358 g/mol. The van der Waals surface area contributed by atoms with Crippen LogP contribution in [0.1, 0.15) is 5.56 Å². The minimum atomic E-state index is 0.111. The van der Waals surface area contributed by atoms with Crippen LogP contribution in [0.2, 0.25) is 0 Å². The van der Waals surface area contributed by atoms with Crippen LogP contribution in [-0.2, 0) is 4.79 Å². The quantitative estimate of drug-likeness (QED) is 0.786. The molecule has 24 heavy (non-hydrogen) atoms. The Kier molecular flexibility index (Phi) is 5.51. The van der Waals surface area contributed by atoms with E-state index in [2.05, 4.69) is 23.0 Å². The predicted octanol–water partition coefficient (Wildman–Crippen LogP) is 2.55. The molecule has 1 aliphatic rings. The van der Waals surface area contributed by atoms with E-state index in [1.807, 2.05) is 28.5 Å². The number of hydrogen-bond acceptors (Lipinski definition) is 6. The lowest BCUT2D eigenvalue weighted by atomic mass is 10.2. The Hall–Kier alpha value is -1.88. The molecule has 3 heterocycles. The van der Waals surface area contributed by atoms with Gasteiger partial charge < -0.3 is 9.80 Å². The first-order valence-electron chi connectivity index (χ1n) is 7.71. The number of thiophene rings is 1. The van der Waals surface area contributed by atoms with E-state index in [1.165, 1.54) is 11.8 Å². The monoisotopic (exact) mass is 358 g/mol. The zero-order chi connectivity index (χ0) is 16.9. The van der Waals surface area contributed by atoms with Gasteiger partial charge in [0.2, 0.25) is 5.91 Å². The SMILES string of the molecule is CN1CCN(C(=O)CSc2nc(-c3cccs3)ccc2C#N)CC1. The summed E-state index contributed by atoms with van der Waals surface area (Å²) in [6.45, 7) is 3.35. The first-order chi connectivity index (χ1) is 11.7. The smallest absolute Gasteiger partial charge is 0.233 e.